The second-order valence-corrected chi connectivity index (χ2v) is 4.77. The number of amides is 1. The molecule has 1 aromatic heterocycles. The molecule has 0 aromatic carbocycles. The van der Waals surface area contributed by atoms with Crippen LogP contribution < -0.4 is 21.3 Å². The van der Waals surface area contributed by atoms with Crippen LogP contribution in [0, 0.1) is 0 Å². The van der Waals surface area contributed by atoms with E-state index in [1.54, 1.807) is 0 Å². The van der Waals surface area contributed by atoms with E-state index in [-0.39, 0.29) is 24.7 Å². The number of carboxylic acid groups (broad SMARTS) is 1. The predicted octanol–water partition coefficient (Wildman–Crippen LogP) is -1.61. The maximum Gasteiger partial charge on any atom is 0.328 e. The van der Waals surface area contributed by atoms with Crippen LogP contribution in [0.25, 0.3) is 0 Å². The van der Waals surface area contributed by atoms with Crippen LogP contribution in [-0.2, 0) is 19.0 Å². The number of aliphatic carboxylic acids is 1. The third kappa shape index (κ3) is 5.45. The van der Waals surface area contributed by atoms with Crippen LogP contribution in [0.1, 0.15) is 10.5 Å². The van der Waals surface area contributed by atoms with E-state index in [4.69, 9.17) is 24.8 Å². The van der Waals surface area contributed by atoms with Gasteiger partial charge in [0.25, 0.3) is 5.91 Å². The molecule has 11 nitrogen and oxygen atoms in total. The standard InChI is InChI=1S/C14H21N3O8/c1-22-10(23-2)7-25-6-8(14(20)21)16-13(19)11-12(24-3)9(18)4-5-17(11)15/h4-5,8,10H,6-7,15H2,1-3H3,(H,16,19)(H,20,21)/t8-/m0/s1. The normalized spacial score (nSPS) is 12.0. The van der Waals surface area contributed by atoms with Crippen LogP contribution in [0.4, 0.5) is 0 Å². The van der Waals surface area contributed by atoms with E-state index in [1.807, 2.05) is 0 Å². The Kier molecular flexibility index (Phi) is 7.85. The van der Waals surface area contributed by atoms with Gasteiger partial charge < -0.3 is 35.2 Å². The summed E-state index contributed by atoms with van der Waals surface area (Å²) in [5, 5.41) is 11.4. The van der Waals surface area contributed by atoms with Gasteiger partial charge in [-0.1, -0.05) is 0 Å². The van der Waals surface area contributed by atoms with Crippen molar-refractivity contribution in [1.29, 1.82) is 0 Å². The van der Waals surface area contributed by atoms with E-state index in [2.05, 4.69) is 5.32 Å². The van der Waals surface area contributed by atoms with Crippen LogP contribution >= 0.6 is 0 Å². The molecule has 0 saturated carbocycles. The molecule has 0 aliphatic carbocycles. The average molecular weight is 359 g/mol. The molecular formula is C14H21N3O8. The number of nitrogens with one attached hydrogen (secondary N) is 1. The number of carbonyl (C=O) groups is 2. The topological polar surface area (TPSA) is 151 Å². The Morgan fingerprint density at radius 1 is 1.28 bits per heavy atom. The maximum absolute atomic E-state index is 12.3. The Morgan fingerprint density at radius 2 is 1.92 bits per heavy atom. The lowest BCUT2D eigenvalue weighted by molar-refractivity contribution is -0.150. The highest BCUT2D eigenvalue weighted by molar-refractivity contribution is 5.97. The SMILES string of the molecule is COc1c(C(=O)N[C@@H](COCC(OC)OC)C(=O)O)n(N)ccc1=O. The average Bonchev–Trinajstić information content (AvgIpc) is 2.58. The number of carbonyl (C=O) groups excluding carboxylic acids is 1. The van der Waals surface area contributed by atoms with E-state index in [1.165, 1.54) is 21.3 Å². The molecule has 0 spiro atoms. The van der Waals surface area contributed by atoms with E-state index >= 15 is 0 Å². The Labute approximate surface area is 143 Å². The van der Waals surface area contributed by atoms with Crippen molar-refractivity contribution in [2.45, 2.75) is 12.3 Å². The first-order valence-corrected chi connectivity index (χ1v) is 7.07. The molecule has 0 saturated heterocycles. The molecule has 0 bridgehead atoms. The lowest BCUT2D eigenvalue weighted by Crippen LogP contribution is -2.46. The molecule has 1 atom stereocenters. The summed E-state index contributed by atoms with van der Waals surface area (Å²) in [7, 11) is 3.99. The minimum atomic E-state index is -1.39. The second kappa shape index (κ2) is 9.61. The predicted molar refractivity (Wildman–Crippen MR) is 84.9 cm³/mol. The summed E-state index contributed by atoms with van der Waals surface area (Å²) in [6.45, 7) is -0.392. The zero-order chi connectivity index (χ0) is 19.0. The van der Waals surface area contributed by atoms with Gasteiger partial charge in [0.2, 0.25) is 5.43 Å². The van der Waals surface area contributed by atoms with Crippen LogP contribution in [0.2, 0.25) is 0 Å². The molecule has 4 N–H and O–H groups in total. The Morgan fingerprint density at radius 3 is 2.44 bits per heavy atom. The molecule has 1 rings (SSSR count). The third-order valence-electron chi connectivity index (χ3n) is 3.17. The number of nitrogens with zero attached hydrogens (tertiary/aromatic N) is 1. The van der Waals surface area contributed by atoms with Crippen molar-refractivity contribution in [2.24, 2.45) is 0 Å². The number of hydrogen-bond donors (Lipinski definition) is 3. The summed E-state index contributed by atoms with van der Waals surface area (Å²) in [6, 6.07) is -0.273. The monoisotopic (exact) mass is 359 g/mol. The first kappa shape index (κ1) is 20.4. The lowest BCUT2D eigenvalue weighted by Gasteiger charge is -2.18. The number of hydrogen-bond acceptors (Lipinski definition) is 8. The van der Waals surface area contributed by atoms with Gasteiger partial charge in [-0.3, -0.25) is 14.3 Å². The number of carboxylic acids is 1. The highest BCUT2D eigenvalue weighted by Crippen LogP contribution is 2.11. The number of rotatable bonds is 10. The van der Waals surface area contributed by atoms with Gasteiger partial charge in [-0.05, 0) is 0 Å². The first-order chi connectivity index (χ1) is 11.8. The van der Waals surface area contributed by atoms with E-state index in [0.717, 1.165) is 16.9 Å². The number of aromatic nitrogens is 1. The minimum Gasteiger partial charge on any atom is -0.491 e. The van der Waals surface area contributed by atoms with Crippen molar-refractivity contribution in [3.05, 3.63) is 28.2 Å². The second-order valence-electron chi connectivity index (χ2n) is 4.77. The lowest BCUT2D eigenvalue weighted by atomic mass is 10.2. The smallest absolute Gasteiger partial charge is 0.328 e. The van der Waals surface area contributed by atoms with Crippen LogP contribution in [-0.4, -0.2) is 68.5 Å². The molecule has 0 fully saturated rings. The summed E-state index contributed by atoms with van der Waals surface area (Å²) in [5.74, 6) is 3.09. The van der Waals surface area contributed by atoms with Gasteiger partial charge >= 0.3 is 5.97 Å². The maximum atomic E-state index is 12.3. The van der Waals surface area contributed by atoms with Crippen molar-refractivity contribution in [3.8, 4) is 5.75 Å². The summed E-state index contributed by atoms with van der Waals surface area (Å²) in [4.78, 5) is 35.3. The Balaban J connectivity index is 2.86. The molecule has 0 aliphatic rings. The molecule has 140 valence electrons. The number of methoxy groups -OCH3 is 3. The number of nitrogen functional groups attached to an aromatic ring is 1. The van der Waals surface area contributed by atoms with E-state index < -0.39 is 29.6 Å². The quantitative estimate of drug-likeness (QED) is 0.331. The van der Waals surface area contributed by atoms with Crippen LogP contribution in [0.5, 0.6) is 5.75 Å². The molecule has 0 radical (unpaired) electrons. The molecule has 0 unspecified atom stereocenters. The Bertz CT molecular complexity index is 656. The highest BCUT2D eigenvalue weighted by Gasteiger charge is 2.26. The number of nitrogens with two attached hydrogens (primary N) is 1. The van der Waals surface area contributed by atoms with Crippen LogP contribution in [0.15, 0.2) is 17.1 Å². The van der Waals surface area contributed by atoms with Gasteiger partial charge in [0.05, 0.1) is 20.3 Å². The zero-order valence-electron chi connectivity index (χ0n) is 14.1. The summed E-state index contributed by atoms with van der Waals surface area (Å²) in [6.07, 6.45) is 0.488. The molecule has 11 heteroatoms. The minimum absolute atomic E-state index is 0.0388. The van der Waals surface area contributed by atoms with Gasteiger partial charge in [0, 0.05) is 26.5 Å². The zero-order valence-corrected chi connectivity index (χ0v) is 14.1. The molecular weight excluding hydrogens is 338 g/mol. The van der Waals surface area contributed by atoms with Crippen molar-refractivity contribution in [1.82, 2.24) is 9.99 Å². The van der Waals surface area contributed by atoms with E-state index in [9.17, 15) is 19.5 Å². The van der Waals surface area contributed by atoms with Crippen molar-refractivity contribution in [2.75, 3.05) is 40.4 Å². The molecule has 0 aliphatic heterocycles. The largest absolute Gasteiger partial charge is 0.491 e. The highest BCUT2D eigenvalue weighted by atomic mass is 16.7. The first-order valence-electron chi connectivity index (χ1n) is 7.07. The third-order valence-corrected chi connectivity index (χ3v) is 3.17. The summed E-state index contributed by atoms with van der Waals surface area (Å²) in [5.41, 5.74) is -0.881. The fourth-order valence-electron chi connectivity index (χ4n) is 1.87. The molecule has 1 heterocycles. The molecule has 25 heavy (non-hydrogen) atoms. The van der Waals surface area contributed by atoms with Gasteiger partial charge in [0.15, 0.2) is 23.8 Å². The fourth-order valence-corrected chi connectivity index (χ4v) is 1.87. The van der Waals surface area contributed by atoms with Crippen LogP contribution in [0.3, 0.4) is 0 Å². The van der Waals surface area contributed by atoms with E-state index in [0.29, 0.717) is 0 Å². The number of pyridine rings is 1. The van der Waals surface area contributed by atoms with Gasteiger partial charge in [-0.2, -0.15) is 0 Å². The summed E-state index contributed by atoms with van der Waals surface area (Å²) >= 11 is 0. The van der Waals surface area contributed by atoms with Gasteiger partial charge in [-0.15, -0.1) is 0 Å². The van der Waals surface area contributed by atoms with Gasteiger partial charge in [-0.25, -0.2) is 4.79 Å². The molecule has 1 aromatic rings. The Hall–Kier alpha value is -2.63. The fraction of sp³-hybridized carbons (Fsp3) is 0.500. The van der Waals surface area contributed by atoms with Crippen molar-refractivity contribution >= 4 is 11.9 Å². The van der Waals surface area contributed by atoms with Gasteiger partial charge in [0.1, 0.15) is 0 Å². The summed E-state index contributed by atoms with van der Waals surface area (Å²) < 4.78 is 20.7. The number of ether oxygens (including phenoxy) is 4. The molecule has 1 amide bonds. The van der Waals surface area contributed by atoms with Crippen molar-refractivity contribution < 1.29 is 33.6 Å². The van der Waals surface area contributed by atoms with Crippen molar-refractivity contribution in [3.63, 3.8) is 0 Å².